The molecule has 1 amide bonds. The topological polar surface area (TPSA) is 96.3 Å². The Kier molecular flexibility index (Phi) is 5.16. The number of aromatic nitrogens is 3. The van der Waals surface area contributed by atoms with Gasteiger partial charge >= 0.3 is 0 Å². The van der Waals surface area contributed by atoms with Gasteiger partial charge in [0.05, 0.1) is 11.3 Å². The summed E-state index contributed by atoms with van der Waals surface area (Å²) in [6, 6.07) is 5.43. The third kappa shape index (κ3) is 3.94. The molecule has 2 heterocycles. The number of benzene rings is 1. The summed E-state index contributed by atoms with van der Waals surface area (Å²) in [7, 11) is 0. The van der Waals surface area contributed by atoms with E-state index in [2.05, 4.69) is 15.4 Å². The molecule has 0 radical (unpaired) electrons. The number of rotatable bonds is 6. The van der Waals surface area contributed by atoms with Gasteiger partial charge in [-0.05, 0) is 31.5 Å². The number of aryl methyl sites for hydroxylation is 1. The third-order valence-electron chi connectivity index (χ3n) is 4.12. The van der Waals surface area contributed by atoms with Crippen molar-refractivity contribution in [2.75, 3.05) is 5.32 Å². The minimum atomic E-state index is -0.676. The Balaban J connectivity index is 1.87. The highest BCUT2D eigenvalue weighted by atomic mass is 19.1. The second kappa shape index (κ2) is 7.53. The zero-order chi connectivity index (χ0) is 19.6. The van der Waals surface area contributed by atoms with Crippen LogP contribution in [0.25, 0.3) is 5.65 Å². The normalized spacial score (nSPS) is 10.9. The van der Waals surface area contributed by atoms with Crippen molar-refractivity contribution in [3.8, 4) is 0 Å². The Morgan fingerprint density at radius 2 is 2.04 bits per heavy atom. The number of unbranched alkanes of at least 4 members (excludes halogenated alkanes) is 1. The van der Waals surface area contributed by atoms with Crippen LogP contribution in [-0.2, 0) is 0 Å². The number of ketones is 1. The number of carbonyl (C=O) groups is 2. The summed E-state index contributed by atoms with van der Waals surface area (Å²) in [6.45, 7) is 3.70. The van der Waals surface area contributed by atoms with Gasteiger partial charge in [0.2, 0.25) is 0 Å². The Hall–Kier alpha value is -3.29. The second-order valence-electron chi connectivity index (χ2n) is 6.29. The predicted molar refractivity (Wildman–Crippen MR) is 98.8 cm³/mol. The lowest BCUT2D eigenvalue weighted by atomic mass is 10.0. The molecule has 3 aromatic rings. The molecule has 1 aromatic carbocycles. The van der Waals surface area contributed by atoms with Crippen molar-refractivity contribution in [1.82, 2.24) is 14.6 Å². The van der Waals surface area contributed by atoms with Crippen LogP contribution in [0.5, 0.6) is 0 Å². The SMILES string of the molecule is CCCCC(=O)c1cc(NC(=O)c2cn3nc(C)cc3[nH]c2=O)ccc1F. The van der Waals surface area contributed by atoms with Crippen LogP contribution in [0.1, 0.15) is 52.6 Å². The summed E-state index contributed by atoms with van der Waals surface area (Å²) in [5.41, 5.74) is 0.609. The number of fused-ring (bicyclic) bond motifs is 1. The largest absolute Gasteiger partial charge is 0.322 e. The Bertz CT molecular complexity index is 1080. The number of halogens is 1. The highest BCUT2D eigenvalue weighted by Gasteiger charge is 2.16. The summed E-state index contributed by atoms with van der Waals surface area (Å²) in [6.07, 6.45) is 3.04. The van der Waals surface area contributed by atoms with Crippen LogP contribution in [0, 0.1) is 12.7 Å². The number of Topliss-reactive ketones (excluding diaryl/α,β-unsaturated/α-hetero) is 1. The van der Waals surface area contributed by atoms with Crippen LogP contribution in [-0.4, -0.2) is 26.3 Å². The van der Waals surface area contributed by atoms with E-state index in [4.69, 9.17) is 0 Å². The Morgan fingerprint density at radius 1 is 1.26 bits per heavy atom. The molecule has 2 aromatic heterocycles. The number of anilines is 1. The molecule has 140 valence electrons. The molecule has 0 aliphatic heterocycles. The maximum Gasteiger partial charge on any atom is 0.264 e. The monoisotopic (exact) mass is 370 g/mol. The first-order valence-electron chi connectivity index (χ1n) is 8.62. The molecule has 0 saturated heterocycles. The molecule has 0 bridgehead atoms. The highest BCUT2D eigenvalue weighted by Crippen LogP contribution is 2.18. The molecule has 0 aliphatic carbocycles. The van der Waals surface area contributed by atoms with Crippen LogP contribution in [0.4, 0.5) is 10.1 Å². The van der Waals surface area contributed by atoms with E-state index in [1.807, 2.05) is 6.92 Å². The molecular formula is C19H19FN4O3. The minimum Gasteiger partial charge on any atom is -0.322 e. The van der Waals surface area contributed by atoms with Gasteiger partial charge in [-0.3, -0.25) is 14.4 Å². The van der Waals surface area contributed by atoms with Gasteiger partial charge in [-0.25, -0.2) is 8.91 Å². The molecule has 27 heavy (non-hydrogen) atoms. The smallest absolute Gasteiger partial charge is 0.264 e. The molecule has 0 unspecified atom stereocenters. The van der Waals surface area contributed by atoms with Crippen LogP contribution in [0.15, 0.2) is 35.3 Å². The van der Waals surface area contributed by atoms with E-state index in [-0.39, 0.29) is 29.0 Å². The summed E-state index contributed by atoms with van der Waals surface area (Å²) < 4.78 is 15.3. The predicted octanol–water partition coefficient (Wildman–Crippen LogP) is 3.10. The summed E-state index contributed by atoms with van der Waals surface area (Å²) >= 11 is 0. The molecule has 0 aliphatic rings. The van der Waals surface area contributed by atoms with Gasteiger partial charge in [0, 0.05) is 24.4 Å². The lowest BCUT2D eigenvalue weighted by Gasteiger charge is -2.08. The number of hydrogen-bond donors (Lipinski definition) is 2. The summed E-state index contributed by atoms with van der Waals surface area (Å²) in [4.78, 5) is 39.3. The van der Waals surface area contributed by atoms with Crippen molar-refractivity contribution in [3.63, 3.8) is 0 Å². The summed E-state index contributed by atoms with van der Waals surface area (Å²) in [5.74, 6) is -1.64. The first kappa shape index (κ1) is 18.5. The van der Waals surface area contributed by atoms with Crippen molar-refractivity contribution in [2.45, 2.75) is 33.1 Å². The zero-order valence-corrected chi connectivity index (χ0v) is 15.0. The molecule has 0 saturated carbocycles. The highest BCUT2D eigenvalue weighted by molar-refractivity contribution is 6.05. The quantitative estimate of drug-likeness (QED) is 0.652. The molecule has 8 heteroatoms. The average Bonchev–Trinajstić information content (AvgIpc) is 2.99. The van der Waals surface area contributed by atoms with E-state index in [0.29, 0.717) is 17.8 Å². The zero-order valence-electron chi connectivity index (χ0n) is 15.0. The number of nitrogens with one attached hydrogen (secondary N) is 2. The van der Waals surface area contributed by atoms with Crippen molar-refractivity contribution in [3.05, 3.63) is 63.5 Å². The van der Waals surface area contributed by atoms with Crippen LogP contribution in [0.2, 0.25) is 0 Å². The maximum absolute atomic E-state index is 13.9. The van der Waals surface area contributed by atoms with Gasteiger partial charge in [-0.2, -0.15) is 5.10 Å². The molecular weight excluding hydrogens is 351 g/mol. The van der Waals surface area contributed by atoms with Crippen molar-refractivity contribution in [2.24, 2.45) is 0 Å². The van der Waals surface area contributed by atoms with Crippen LogP contribution >= 0.6 is 0 Å². The van der Waals surface area contributed by atoms with E-state index < -0.39 is 17.3 Å². The lowest BCUT2D eigenvalue weighted by Crippen LogP contribution is -2.24. The van der Waals surface area contributed by atoms with Gasteiger partial charge in [0.25, 0.3) is 11.5 Å². The fourth-order valence-electron chi connectivity index (χ4n) is 2.72. The number of carbonyl (C=O) groups excluding carboxylic acids is 2. The molecule has 2 N–H and O–H groups in total. The number of nitrogens with zero attached hydrogens (tertiary/aromatic N) is 2. The van der Waals surface area contributed by atoms with Gasteiger partial charge in [0.1, 0.15) is 17.0 Å². The van der Waals surface area contributed by atoms with Crippen LogP contribution in [0.3, 0.4) is 0 Å². The van der Waals surface area contributed by atoms with Gasteiger partial charge in [-0.15, -0.1) is 0 Å². The van der Waals surface area contributed by atoms with Gasteiger partial charge < -0.3 is 10.3 Å². The van der Waals surface area contributed by atoms with E-state index in [1.165, 1.54) is 22.8 Å². The fraction of sp³-hybridized carbons (Fsp3) is 0.263. The number of amides is 1. The van der Waals surface area contributed by atoms with E-state index in [0.717, 1.165) is 12.5 Å². The molecule has 3 rings (SSSR count). The molecule has 0 atom stereocenters. The van der Waals surface area contributed by atoms with E-state index in [1.54, 1.807) is 13.0 Å². The fourth-order valence-corrected chi connectivity index (χ4v) is 2.72. The average molecular weight is 370 g/mol. The Morgan fingerprint density at radius 3 is 2.78 bits per heavy atom. The van der Waals surface area contributed by atoms with Gasteiger partial charge in [-0.1, -0.05) is 13.3 Å². The Labute approximate surface area is 154 Å². The minimum absolute atomic E-state index is 0.0756. The maximum atomic E-state index is 13.9. The number of H-pyrrole nitrogens is 1. The summed E-state index contributed by atoms with van der Waals surface area (Å²) in [5, 5.41) is 6.68. The second-order valence-corrected chi connectivity index (χ2v) is 6.29. The van der Waals surface area contributed by atoms with Crippen molar-refractivity contribution in [1.29, 1.82) is 0 Å². The van der Waals surface area contributed by atoms with E-state index >= 15 is 0 Å². The number of hydrogen-bond acceptors (Lipinski definition) is 4. The van der Waals surface area contributed by atoms with Gasteiger partial charge in [0.15, 0.2) is 5.78 Å². The third-order valence-corrected chi connectivity index (χ3v) is 4.12. The lowest BCUT2D eigenvalue weighted by molar-refractivity contribution is 0.0973. The van der Waals surface area contributed by atoms with Crippen LogP contribution < -0.4 is 10.9 Å². The molecule has 0 fully saturated rings. The molecule has 7 nitrogen and oxygen atoms in total. The van der Waals surface area contributed by atoms with E-state index in [9.17, 15) is 18.8 Å². The first-order chi connectivity index (χ1) is 12.9. The van der Waals surface area contributed by atoms with Crippen molar-refractivity contribution < 1.29 is 14.0 Å². The standard InChI is InChI=1S/C19H19FN4O3/c1-3-4-5-16(25)13-9-12(6-7-15(13)20)21-18(26)14-10-24-17(22-19(14)27)8-11(2)23-24/h6-10H,3-5H2,1-2H3,(H,21,26)(H,22,27). The molecule has 0 spiro atoms. The van der Waals surface area contributed by atoms with Crippen molar-refractivity contribution >= 4 is 23.0 Å². The first-order valence-corrected chi connectivity index (χ1v) is 8.62. The number of aromatic amines is 1.